The van der Waals surface area contributed by atoms with Gasteiger partial charge in [0.25, 0.3) is 0 Å². The highest BCUT2D eigenvalue weighted by Crippen LogP contribution is 2.52. The molecule has 2 N–H and O–H groups in total. The summed E-state index contributed by atoms with van der Waals surface area (Å²) in [6.07, 6.45) is 1.26. The number of aromatic nitrogens is 3. The number of pyridine rings is 1. The van der Waals surface area contributed by atoms with Crippen molar-refractivity contribution in [2.24, 2.45) is 11.3 Å². The van der Waals surface area contributed by atoms with Crippen LogP contribution < -0.4 is 5.73 Å². The monoisotopic (exact) mass is 230 g/mol. The first-order valence-corrected chi connectivity index (χ1v) is 6.07. The molecule has 1 saturated carbocycles. The molecule has 2 aromatic heterocycles. The molecule has 1 unspecified atom stereocenters. The van der Waals surface area contributed by atoms with E-state index in [4.69, 9.17) is 5.73 Å². The summed E-state index contributed by atoms with van der Waals surface area (Å²) >= 11 is 0. The van der Waals surface area contributed by atoms with Crippen LogP contribution in [0.4, 0.5) is 5.95 Å². The Morgan fingerprint density at radius 3 is 2.76 bits per heavy atom. The Labute approximate surface area is 101 Å². The minimum atomic E-state index is 0.451. The number of hydrogen-bond acceptors (Lipinski definition) is 3. The first-order valence-electron chi connectivity index (χ1n) is 6.07. The van der Waals surface area contributed by atoms with Crippen LogP contribution in [0.3, 0.4) is 0 Å². The molecule has 1 aliphatic carbocycles. The number of anilines is 1. The highest BCUT2D eigenvalue weighted by molar-refractivity contribution is 5.74. The predicted octanol–water partition coefficient (Wildman–Crippen LogP) is 2.37. The molecule has 1 atom stereocenters. The first-order chi connectivity index (χ1) is 7.97. The maximum Gasteiger partial charge on any atom is 0.202 e. The van der Waals surface area contributed by atoms with Crippen LogP contribution >= 0.6 is 0 Å². The van der Waals surface area contributed by atoms with Gasteiger partial charge in [0.2, 0.25) is 5.95 Å². The fourth-order valence-electron chi connectivity index (χ4n) is 2.40. The van der Waals surface area contributed by atoms with E-state index in [0.717, 1.165) is 23.4 Å². The highest BCUT2D eigenvalue weighted by Gasteiger charge is 2.45. The number of fused-ring (bicyclic) bond motifs is 1. The number of nitrogen functional groups attached to an aromatic ring is 1. The van der Waals surface area contributed by atoms with Gasteiger partial charge in [-0.2, -0.15) is 0 Å². The van der Waals surface area contributed by atoms with Crippen molar-refractivity contribution in [3.8, 4) is 0 Å². The standard InChI is InChI=1S/C13H18N4/c1-8-4-5-10-11(15-8)17(12(14)16-10)7-9-6-13(9,2)3/h4-5,9H,6-7H2,1-3H3,(H2,14,16). The van der Waals surface area contributed by atoms with Crippen molar-refractivity contribution < 1.29 is 0 Å². The smallest absolute Gasteiger partial charge is 0.202 e. The van der Waals surface area contributed by atoms with Crippen LogP contribution in [-0.4, -0.2) is 14.5 Å². The van der Waals surface area contributed by atoms with Crippen molar-refractivity contribution in [2.75, 3.05) is 5.73 Å². The lowest BCUT2D eigenvalue weighted by atomic mass is 10.1. The molecule has 0 bridgehead atoms. The van der Waals surface area contributed by atoms with E-state index in [1.54, 1.807) is 0 Å². The molecule has 2 aromatic rings. The number of imidazole rings is 1. The van der Waals surface area contributed by atoms with Crippen LogP contribution in [0.1, 0.15) is 26.0 Å². The van der Waals surface area contributed by atoms with Gasteiger partial charge in [-0.25, -0.2) is 9.97 Å². The molecular weight excluding hydrogens is 212 g/mol. The highest BCUT2D eigenvalue weighted by atomic mass is 15.2. The van der Waals surface area contributed by atoms with E-state index in [2.05, 4.69) is 28.4 Å². The minimum Gasteiger partial charge on any atom is -0.369 e. The Morgan fingerprint density at radius 2 is 2.12 bits per heavy atom. The van der Waals surface area contributed by atoms with Crippen LogP contribution in [0.5, 0.6) is 0 Å². The van der Waals surface area contributed by atoms with E-state index in [1.165, 1.54) is 6.42 Å². The lowest BCUT2D eigenvalue weighted by molar-refractivity contribution is 0.506. The summed E-state index contributed by atoms with van der Waals surface area (Å²) < 4.78 is 2.06. The van der Waals surface area contributed by atoms with Crippen LogP contribution in [0.25, 0.3) is 11.2 Å². The van der Waals surface area contributed by atoms with E-state index in [-0.39, 0.29) is 0 Å². The number of aryl methyl sites for hydroxylation is 1. The second-order valence-electron chi connectivity index (χ2n) is 5.77. The van der Waals surface area contributed by atoms with Crippen LogP contribution in [0.15, 0.2) is 12.1 Å². The molecular formula is C13H18N4. The van der Waals surface area contributed by atoms with Gasteiger partial charge in [0.15, 0.2) is 5.65 Å². The van der Waals surface area contributed by atoms with Gasteiger partial charge in [-0.05, 0) is 36.8 Å². The molecule has 1 fully saturated rings. The lowest BCUT2D eigenvalue weighted by Crippen LogP contribution is -2.08. The second kappa shape index (κ2) is 3.22. The minimum absolute atomic E-state index is 0.451. The Balaban J connectivity index is 2.03. The maximum absolute atomic E-state index is 5.98. The van der Waals surface area contributed by atoms with Crippen molar-refractivity contribution >= 4 is 17.1 Å². The van der Waals surface area contributed by atoms with Gasteiger partial charge in [-0.1, -0.05) is 13.8 Å². The van der Waals surface area contributed by atoms with Gasteiger partial charge in [0, 0.05) is 12.2 Å². The summed E-state index contributed by atoms with van der Waals surface area (Å²) in [4.78, 5) is 8.91. The first kappa shape index (κ1) is 10.6. The van der Waals surface area contributed by atoms with Gasteiger partial charge in [0.05, 0.1) is 0 Å². The van der Waals surface area contributed by atoms with Crippen molar-refractivity contribution in [3.05, 3.63) is 17.8 Å². The maximum atomic E-state index is 5.98. The Morgan fingerprint density at radius 1 is 1.41 bits per heavy atom. The molecule has 4 nitrogen and oxygen atoms in total. The number of nitrogens with zero attached hydrogens (tertiary/aromatic N) is 3. The number of rotatable bonds is 2. The molecule has 1 aliphatic rings. The topological polar surface area (TPSA) is 56.7 Å². The Bertz CT molecular complexity index is 582. The van der Waals surface area contributed by atoms with Gasteiger partial charge < -0.3 is 5.73 Å². The fraction of sp³-hybridized carbons (Fsp3) is 0.538. The molecule has 0 amide bonds. The molecule has 4 heteroatoms. The average molecular weight is 230 g/mol. The van der Waals surface area contributed by atoms with Crippen LogP contribution in [-0.2, 0) is 6.54 Å². The summed E-state index contributed by atoms with van der Waals surface area (Å²) in [5.41, 5.74) is 9.26. The molecule has 0 aliphatic heterocycles. The molecule has 90 valence electrons. The third-order valence-electron chi connectivity index (χ3n) is 3.88. The molecule has 0 spiro atoms. The van der Waals surface area contributed by atoms with Gasteiger partial charge >= 0.3 is 0 Å². The Kier molecular flexibility index (Phi) is 2.00. The summed E-state index contributed by atoms with van der Waals surface area (Å²) in [6, 6.07) is 3.96. The molecule has 0 aromatic carbocycles. The summed E-state index contributed by atoms with van der Waals surface area (Å²) in [6.45, 7) is 7.52. The summed E-state index contributed by atoms with van der Waals surface area (Å²) in [5, 5.41) is 0. The van der Waals surface area contributed by atoms with Gasteiger partial charge in [-0.15, -0.1) is 0 Å². The largest absolute Gasteiger partial charge is 0.369 e. The SMILES string of the molecule is Cc1ccc2nc(N)n(CC3CC3(C)C)c2n1. The molecule has 0 radical (unpaired) electrons. The number of hydrogen-bond donors (Lipinski definition) is 1. The second-order valence-corrected chi connectivity index (χ2v) is 5.77. The van der Waals surface area contributed by atoms with E-state index >= 15 is 0 Å². The molecule has 3 rings (SSSR count). The zero-order chi connectivity index (χ0) is 12.2. The van der Waals surface area contributed by atoms with E-state index in [9.17, 15) is 0 Å². The fourth-order valence-corrected chi connectivity index (χ4v) is 2.40. The third kappa shape index (κ3) is 1.68. The zero-order valence-electron chi connectivity index (χ0n) is 10.6. The average Bonchev–Trinajstić information content (AvgIpc) is 2.73. The number of nitrogens with two attached hydrogens (primary N) is 1. The van der Waals surface area contributed by atoms with Crippen molar-refractivity contribution in [3.63, 3.8) is 0 Å². The summed E-state index contributed by atoms with van der Waals surface area (Å²) in [7, 11) is 0. The van der Waals surface area contributed by atoms with E-state index in [0.29, 0.717) is 17.3 Å². The lowest BCUT2D eigenvalue weighted by Gasteiger charge is -2.07. The third-order valence-corrected chi connectivity index (χ3v) is 3.88. The van der Waals surface area contributed by atoms with Crippen LogP contribution in [0.2, 0.25) is 0 Å². The van der Waals surface area contributed by atoms with Crippen molar-refractivity contribution in [1.82, 2.24) is 14.5 Å². The predicted molar refractivity (Wildman–Crippen MR) is 68.6 cm³/mol. The van der Waals surface area contributed by atoms with Gasteiger partial charge in [0.1, 0.15) is 5.52 Å². The molecule has 17 heavy (non-hydrogen) atoms. The van der Waals surface area contributed by atoms with Crippen molar-refractivity contribution in [2.45, 2.75) is 33.7 Å². The molecule has 0 saturated heterocycles. The Hall–Kier alpha value is -1.58. The van der Waals surface area contributed by atoms with Gasteiger partial charge in [-0.3, -0.25) is 4.57 Å². The van der Waals surface area contributed by atoms with E-state index in [1.807, 2.05) is 19.1 Å². The van der Waals surface area contributed by atoms with Crippen molar-refractivity contribution in [1.29, 1.82) is 0 Å². The zero-order valence-corrected chi connectivity index (χ0v) is 10.6. The summed E-state index contributed by atoms with van der Waals surface area (Å²) in [5.74, 6) is 1.28. The van der Waals surface area contributed by atoms with Crippen LogP contribution in [0, 0.1) is 18.3 Å². The quantitative estimate of drug-likeness (QED) is 0.861. The molecule has 2 heterocycles. The van der Waals surface area contributed by atoms with E-state index < -0.39 is 0 Å². The normalized spacial score (nSPS) is 21.9.